The number of hydrogen-bond donors (Lipinski definition) is 0. The lowest BCUT2D eigenvalue weighted by Crippen LogP contribution is -2.20. The minimum absolute atomic E-state index is 0.148. The molecule has 3 rings (SSSR count). The minimum Gasteiger partial charge on any atom is -0.494 e. The minimum atomic E-state index is -3.18. The first-order valence-corrected chi connectivity index (χ1v) is 11.2. The van der Waals surface area contributed by atoms with E-state index in [-0.39, 0.29) is 11.7 Å². The van der Waals surface area contributed by atoms with Crippen molar-refractivity contribution in [1.29, 1.82) is 0 Å². The van der Waals surface area contributed by atoms with Gasteiger partial charge in [0.1, 0.15) is 17.1 Å². The van der Waals surface area contributed by atoms with Gasteiger partial charge >= 0.3 is 7.60 Å². The van der Waals surface area contributed by atoms with Crippen LogP contribution in [0.5, 0.6) is 5.75 Å². The molecule has 1 heterocycles. The summed E-state index contributed by atoms with van der Waals surface area (Å²) in [6.07, 6.45) is 0.187. The molecule has 0 N–H and O–H groups in total. The fraction of sp³-hybridized carbons (Fsp3) is 0.333. The van der Waals surface area contributed by atoms with Crippen LogP contribution < -0.4 is 10.3 Å². The molecule has 0 radical (unpaired) electrons. The summed E-state index contributed by atoms with van der Waals surface area (Å²) in [7, 11) is 0.0671. The molecule has 0 spiro atoms. The largest absolute Gasteiger partial charge is 0.494 e. The van der Waals surface area contributed by atoms with Crippen molar-refractivity contribution in [2.75, 3.05) is 20.3 Å². The summed E-state index contributed by atoms with van der Waals surface area (Å²) in [6, 6.07) is 12.7. The fourth-order valence-electron chi connectivity index (χ4n) is 3.20. The number of para-hydroxylation sites is 1. The number of fused-ring (bicyclic) bond motifs is 1. The van der Waals surface area contributed by atoms with E-state index in [1.807, 2.05) is 24.3 Å². The molecule has 0 atom stereocenters. The van der Waals surface area contributed by atoms with Crippen LogP contribution in [0.2, 0.25) is 0 Å². The standard InChI is InChI=1S/C21H25N2O5P/c1-5-27-29(25,28-6-2)14-15-10-12-16(13-11-15)20-22-19-17(21(24)23(20)3)8-7-9-18(19)26-4/h7-13H,5-6,14H2,1-4H3. The average molecular weight is 416 g/mol. The van der Waals surface area contributed by atoms with E-state index in [9.17, 15) is 9.36 Å². The Kier molecular flexibility index (Phi) is 6.52. The van der Waals surface area contributed by atoms with Crippen molar-refractivity contribution >= 4 is 18.5 Å². The number of aromatic nitrogens is 2. The summed E-state index contributed by atoms with van der Waals surface area (Å²) in [4.78, 5) is 17.5. The number of benzene rings is 2. The van der Waals surface area contributed by atoms with Crippen molar-refractivity contribution in [3.8, 4) is 17.1 Å². The molecule has 3 aromatic rings. The van der Waals surface area contributed by atoms with Crippen LogP contribution >= 0.6 is 7.60 Å². The van der Waals surface area contributed by atoms with Crippen molar-refractivity contribution in [2.45, 2.75) is 20.0 Å². The maximum absolute atomic E-state index is 12.8. The highest BCUT2D eigenvalue weighted by molar-refractivity contribution is 7.53. The summed E-state index contributed by atoms with van der Waals surface area (Å²) in [5, 5.41) is 0.501. The van der Waals surface area contributed by atoms with Crippen LogP contribution in [0.1, 0.15) is 19.4 Å². The van der Waals surface area contributed by atoms with Gasteiger partial charge in [0.25, 0.3) is 5.56 Å². The Morgan fingerprint density at radius 3 is 2.28 bits per heavy atom. The lowest BCUT2D eigenvalue weighted by molar-refractivity contribution is 0.219. The van der Waals surface area contributed by atoms with Crippen LogP contribution in [0.3, 0.4) is 0 Å². The molecule has 8 heteroatoms. The molecule has 0 aliphatic carbocycles. The highest BCUT2D eigenvalue weighted by Crippen LogP contribution is 2.51. The number of nitrogens with zero attached hydrogens (tertiary/aromatic N) is 2. The zero-order valence-electron chi connectivity index (χ0n) is 17.0. The van der Waals surface area contributed by atoms with Gasteiger partial charge in [-0.25, -0.2) is 4.98 Å². The fourth-order valence-corrected chi connectivity index (χ4v) is 4.90. The lowest BCUT2D eigenvalue weighted by Gasteiger charge is -2.17. The molecule has 0 saturated carbocycles. The van der Waals surface area contributed by atoms with Gasteiger partial charge in [0.15, 0.2) is 0 Å². The average Bonchev–Trinajstić information content (AvgIpc) is 2.71. The predicted octanol–water partition coefficient (Wildman–Crippen LogP) is 4.38. The van der Waals surface area contributed by atoms with Gasteiger partial charge in [0, 0.05) is 12.6 Å². The Bertz CT molecular complexity index is 1100. The van der Waals surface area contributed by atoms with E-state index in [2.05, 4.69) is 4.98 Å². The summed E-state index contributed by atoms with van der Waals surface area (Å²) < 4.78 is 30.3. The van der Waals surface area contributed by atoms with Crippen LogP contribution in [0.4, 0.5) is 0 Å². The molecule has 154 valence electrons. The second kappa shape index (κ2) is 8.91. The van der Waals surface area contributed by atoms with Crippen molar-refractivity contribution < 1.29 is 18.3 Å². The van der Waals surface area contributed by atoms with Crippen LogP contribution in [-0.4, -0.2) is 29.9 Å². The molecule has 1 aromatic heterocycles. The summed E-state index contributed by atoms with van der Waals surface area (Å²) in [6.45, 7) is 4.21. The van der Waals surface area contributed by atoms with Gasteiger partial charge in [-0.1, -0.05) is 30.3 Å². The van der Waals surface area contributed by atoms with E-state index in [1.165, 1.54) is 4.57 Å². The van der Waals surface area contributed by atoms with Gasteiger partial charge in [0.2, 0.25) is 0 Å². The first kappa shape index (κ1) is 21.2. The van der Waals surface area contributed by atoms with Crippen molar-refractivity contribution in [2.24, 2.45) is 7.05 Å². The highest BCUT2D eigenvalue weighted by Gasteiger charge is 2.24. The van der Waals surface area contributed by atoms with Crippen LogP contribution in [0.15, 0.2) is 47.3 Å². The van der Waals surface area contributed by atoms with E-state index in [4.69, 9.17) is 13.8 Å². The first-order valence-electron chi connectivity index (χ1n) is 9.43. The third-order valence-electron chi connectivity index (χ3n) is 4.53. The zero-order valence-corrected chi connectivity index (χ0v) is 17.9. The molecule has 29 heavy (non-hydrogen) atoms. The molecule has 0 amide bonds. The summed E-state index contributed by atoms with van der Waals surface area (Å²) in [5.41, 5.74) is 1.96. The van der Waals surface area contributed by atoms with Crippen LogP contribution in [-0.2, 0) is 26.8 Å². The van der Waals surface area contributed by atoms with E-state index >= 15 is 0 Å². The lowest BCUT2D eigenvalue weighted by atomic mass is 10.1. The third kappa shape index (κ3) is 4.42. The molecule has 0 fully saturated rings. The molecule has 0 aliphatic heterocycles. The second-order valence-corrected chi connectivity index (χ2v) is 8.51. The Morgan fingerprint density at radius 1 is 1.03 bits per heavy atom. The molecular weight excluding hydrogens is 391 g/mol. The maximum Gasteiger partial charge on any atom is 0.335 e. The highest BCUT2D eigenvalue weighted by atomic mass is 31.2. The number of hydrogen-bond acceptors (Lipinski definition) is 6. The second-order valence-electron chi connectivity index (χ2n) is 6.46. The van der Waals surface area contributed by atoms with E-state index in [0.29, 0.717) is 35.7 Å². The van der Waals surface area contributed by atoms with Crippen LogP contribution in [0, 0.1) is 0 Å². The van der Waals surface area contributed by atoms with Gasteiger partial charge in [0.05, 0.1) is 31.9 Å². The summed E-state index contributed by atoms with van der Waals surface area (Å²) in [5.74, 6) is 1.07. The third-order valence-corrected chi connectivity index (χ3v) is 6.58. The monoisotopic (exact) mass is 416 g/mol. The summed E-state index contributed by atoms with van der Waals surface area (Å²) >= 11 is 0. The van der Waals surface area contributed by atoms with Crippen molar-refractivity contribution in [1.82, 2.24) is 9.55 Å². The zero-order chi connectivity index (χ0) is 21.0. The number of methoxy groups -OCH3 is 1. The Balaban J connectivity index is 2.00. The van der Waals surface area contributed by atoms with Gasteiger partial charge in [-0.05, 0) is 31.5 Å². The van der Waals surface area contributed by atoms with E-state index in [0.717, 1.165) is 11.1 Å². The Hall–Kier alpha value is -2.47. The van der Waals surface area contributed by atoms with E-state index in [1.54, 1.807) is 46.2 Å². The molecule has 2 aromatic carbocycles. The first-order chi connectivity index (χ1) is 13.9. The molecule has 0 unspecified atom stereocenters. The Labute approximate surface area is 169 Å². The van der Waals surface area contributed by atoms with Crippen molar-refractivity contribution in [3.05, 3.63) is 58.4 Å². The van der Waals surface area contributed by atoms with Gasteiger partial charge < -0.3 is 13.8 Å². The maximum atomic E-state index is 12.8. The van der Waals surface area contributed by atoms with E-state index < -0.39 is 7.60 Å². The van der Waals surface area contributed by atoms with Gasteiger partial charge in [-0.2, -0.15) is 0 Å². The molecule has 0 saturated heterocycles. The quantitative estimate of drug-likeness (QED) is 0.507. The number of rotatable bonds is 8. The van der Waals surface area contributed by atoms with Gasteiger partial charge in [-0.3, -0.25) is 13.9 Å². The molecular formula is C21H25N2O5P. The number of ether oxygens (including phenoxy) is 1. The molecule has 0 aliphatic rings. The molecule has 7 nitrogen and oxygen atoms in total. The van der Waals surface area contributed by atoms with Gasteiger partial charge in [-0.15, -0.1) is 0 Å². The SMILES string of the molecule is CCOP(=O)(Cc1ccc(-c2nc3c(OC)cccc3c(=O)n2C)cc1)OCC. The smallest absolute Gasteiger partial charge is 0.335 e. The Morgan fingerprint density at radius 2 is 1.69 bits per heavy atom. The van der Waals surface area contributed by atoms with Crippen LogP contribution in [0.25, 0.3) is 22.3 Å². The normalized spacial score (nSPS) is 11.7. The predicted molar refractivity (Wildman–Crippen MR) is 114 cm³/mol. The topological polar surface area (TPSA) is 79.7 Å². The van der Waals surface area contributed by atoms with Crippen molar-refractivity contribution in [3.63, 3.8) is 0 Å². The molecule has 0 bridgehead atoms.